The van der Waals surface area contributed by atoms with Crippen molar-refractivity contribution < 1.29 is 18.8 Å². The molecule has 0 radical (unpaired) electrons. The molecule has 0 spiro atoms. The average molecular weight is 264 g/mol. The summed E-state index contributed by atoms with van der Waals surface area (Å²) in [4.78, 5) is 14.5. The lowest BCUT2D eigenvalue weighted by Crippen LogP contribution is -1.96. The summed E-state index contributed by atoms with van der Waals surface area (Å²) in [5.74, 6) is -0.187. The van der Waals surface area contributed by atoms with E-state index in [4.69, 9.17) is 9.63 Å². The minimum atomic E-state index is -0.842. The van der Waals surface area contributed by atoms with Crippen LogP contribution in [0.1, 0.15) is 30.1 Å². The number of aliphatic carboxylic acids is 1. The van der Waals surface area contributed by atoms with E-state index in [9.17, 15) is 9.18 Å². The van der Waals surface area contributed by atoms with E-state index >= 15 is 0 Å². The van der Waals surface area contributed by atoms with Crippen LogP contribution in [0.5, 0.6) is 0 Å². The summed E-state index contributed by atoms with van der Waals surface area (Å²) in [5.41, 5.74) is 0.888. The van der Waals surface area contributed by atoms with Crippen LogP contribution >= 0.6 is 0 Å². The first-order valence-corrected chi connectivity index (χ1v) is 5.91. The molecule has 5 nitrogen and oxygen atoms in total. The van der Waals surface area contributed by atoms with Gasteiger partial charge in [0, 0.05) is 19.3 Å². The lowest BCUT2D eigenvalue weighted by atomic mass is 10.1. The van der Waals surface area contributed by atoms with Gasteiger partial charge in [0.15, 0.2) is 5.82 Å². The molecule has 0 saturated heterocycles. The minimum absolute atomic E-state index is 0.0790. The number of hydrogen-bond acceptors (Lipinski definition) is 4. The number of rotatable bonds is 6. The largest absolute Gasteiger partial charge is 0.481 e. The van der Waals surface area contributed by atoms with Gasteiger partial charge in [-0.3, -0.25) is 4.79 Å². The van der Waals surface area contributed by atoms with Crippen LogP contribution in [0.25, 0.3) is 0 Å². The van der Waals surface area contributed by atoms with Crippen LogP contribution in [0.4, 0.5) is 4.39 Å². The van der Waals surface area contributed by atoms with Gasteiger partial charge in [0.05, 0.1) is 0 Å². The van der Waals surface area contributed by atoms with Gasteiger partial charge in [-0.25, -0.2) is 4.39 Å². The molecular formula is C13H13FN2O3. The number of aromatic nitrogens is 2. The average Bonchev–Trinajstić information content (AvgIpc) is 2.79. The van der Waals surface area contributed by atoms with Gasteiger partial charge in [0.1, 0.15) is 5.82 Å². The molecule has 0 aliphatic carbocycles. The van der Waals surface area contributed by atoms with Crippen LogP contribution in [0, 0.1) is 5.82 Å². The number of nitrogens with zero attached hydrogens (tertiary/aromatic N) is 2. The number of benzene rings is 1. The topological polar surface area (TPSA) is 76.2 Å². The van der Waals surface area contributed by atoms with Crippen LogP contribution in [0.3, 0.4) is 0 Å². The Morgan fingerprint density at radius 1 is 1.32 bits per heavy atom. The van der Waals surface area contributed by atoms with Gasteiger partial charge in [-0.2, -0.15) is 4.98 Å². The molecule has 0 saturated carbocycles. The molecule has 0 aliphatic rings. The number of halogens is 1. The summed E-state index contributed by atoms with van der Waals surface area (Å²) < 4.78 is 17.8. The standard InChI is InChI=1S/C13H13FN2O3/c14-10-6-4-9(5-7-10)8-11-15-12(19-16-11)2-1-3-13(17)18/h4-7H,1-3,8H2,(H,17,18). The lowest BCUT2D eigenvalue weighted by Gasteiger charge is -1.95. The number of carboxylic acid groups (broad SMARTS) is 1. The quantitative estimate of drug-likeness (QED) is 0.865. The van der Waals surface area contributed by atoms with Gasteiger partial charge in [-0.1, -0.05) is 17.3 Å². The molecule has 6 heteroatoms. The zero-order chi connectivity index (χ0) is 13.7. The molecule has 1 N–H and O–H groups in total. The van der Waals surface area contributed by atoms with E-state index in [1.165, 1.54) is 12.1 Å². The highest BCUT2D eigenvalue weighted by atomic mass is 19.1. The minimum Gasteiger partial charge on any atom is -0.481 e. The van der Waals surface area contributed by atoms with Crippen LogP contribution < -0.4 is 0 Å². The second-order valence-corrected chi connectivity index (χ2v) is 4.15. The molecule has 0 aliphatic heterocycles. The zero-order valence-electron chi connectivity index (χ0n) is 10.2. The molecule has 0 amide bonds. The third-order valence-electron chi connectivity index (χ3n) is 2.57. The molecule has 19 heavy (non-hydrogen) atoms. The van der Waals surface area contributed by atoms with Gasteiger partial charge >= 0.3 is 5.97 Å². The zero-order valence-corrected chi connectivity index (χ0v) is 10.2. The first-order valence-electron chi connectivity index (χ1n) is 5.91. The molecule has 1 aromatic heterocycles. The SMILES string of the molecule is O=C(O)CCCc1nc(Cc2ccc(F)cc2)no1. The van der Waals surface area contributed by atoms with Crippen molar-refractivity contribution in [1.29, 1.82) is 0 Å². The molecule has 100 valence electrons. The maximum Gasteiger partial charge on any atom is 0.303 e. The van der Waals surface area contributed by atoms with Crippen molar-refractivity contribution in [3.8, 4) is 0 Å². The summed E-state index contributed by atoms with van der Waals surface area (Å²) in [5, 5.41) is 12.3. The van der Waals surface area contributed by atoms with Crippen molar-refractivity contribution in [3.05, 3.63) is 47.4 Å². The third-order valence-corrected chi connectivity index (χ3v) is 2.57. The predicted molar refractivity (Wildman–Crippen MR) is 64.1 cm³/mol. The Hall–Kier alpha value is -2.24. The Morgan fingerprint density at radius 3 is 2.74 bits per heavy atom. The van der Waals surface area contributed by atoms with Crippen molar-refractivity contribution >= 4 is 5.97 Å². The smallest absolute Gasteiger partial charge is 0.303 e. The van der Waals surface area contributed by atoms with Crippen LogP contribution in [-0.2, 0) is 17.6 Å². The summed E-state index contributed by atoms with van der Waals surface area (Å²) in [6, 6.07) is 6.08. The summed E-state index contributed by atoms with van der Waals surface area (Å²) in [7, 11) is 0. The highest BCUT2D eigenvalue weighted by molar-refractivity contribution is 5.66. The Bertz CT molecular complexity index is 551. The summed E-state index contributed by atoms with van der Waals surface area (Å²) in [6.45, 7) is 0. The fourth-order valence-corrected chi connectivity index (χ4v) is 1.64. The van der Waals surface area contributed by atoms with Gasteiger partial charge in [0.2, 0.25) is 5.89 Å². The summed E-state index contributed by atoms with van der Waals surface area (Å²) >= 11 is 0. The van der Waals surface area contributed by atoms with Gasteiger partial charge in [0.25, 0.3) is 0 Å². The molecule has 2 rings (SSSR count). The monoisotopic (exact) mass is 264 g/mol. The van der Waals surface area contributed by atoms with E-state index in [2.05, 4.69) is 10.1 Å². The van der Waals surface area contributed by atoms with E-state index in [0.29, 0.717) is 31.0 Å². The molecule has 0 fully saturated rings. The first kappa shape index (κ1) is 13.2. The maximum absolute atomic E-state index is 12.7. The van der Waals surface area contributed by atoms with Gasteiger partial charge in [-0.15, -0.1) is 0 Å². The highest BCUT2D eigenvalue weighted by Gasteiger charge is 2.08. The Morgan fingerprint density at radius 2 is 2.05 bits per heavy atom. The maximum atomic E-state index is 12.7. The van der Waals surface area contributed by atoms with Crippen LogP contribution in [-0.4, -0.2) is 21.2 Å². The van der Waals surface area contributed by atoms with E-state index in [-0.39, 0.29) is 12.2 Å². The van der Waals surface area contributed by atoms with Gasteiger partial charge < -0.3 is 9.63 Å². The predicted octanol–water partition coefficient (Wildman–Crippen LogP) is 2.21. The Kier molecular flexibility index (Phi) is 4.22. The van der Waals surface area contributed by atoms with Crippen LogP contribution in [0.15, 0.2) is 28.8 Å². The normalized spacial score (nSPS) is 10.6. The molecule has 1 aromatic carbocycles. The molecular weight excluding hydrogens is 251 g/mol. The molecule has 1 heterocycles. The fraction of sp³-hybridized carbons (Fsp3) is 0.308. The van der Waals surface area contributed by atoms with E-state index in [1.807, 2.05) is 0 Å². The molecule has 0 bridgehead atoms. The van der Waals surface area contributed by atoms with Crippen molar-refractivity contribution in [2.24, 2.45) is 0 Å². The van der Waals surface area contributed by atoms with Gasteiger partial charge in [-0.05, 0) is 24.1 Å². The van der Waals surface area contributed by atoms with E-state index in [1.54, 1.807) is 12.1 Å². The van der Waals surface area contributed by atoms with Crippen molar-refractivity contribution in [1.82, 2.24) is 10.1 Å². The Balaban J connectivity index is 1.90. The van der Waals surface area contributed by atoms with E-state index in [0.717, 1.165) is 5.56 Å². The van der Waals surface area contributed by atoms with E-state index < -0.39 is 5.97 Å². The van der Waals surface area contributed by atoms with Crippen molar-refractivity contribution in [3.63, 3.8) is 0 Å². The van der Waals surface area contributed by atoms with Crippen molar-refractivity contribution in [2.45, 2.75) is 25.7 Å². The lowest BCUT2D eigenvalue weighted by molar-refractivity contribution is -0.137. The first-order chi connectivity index (χ1) is 9.13. The molecule has 2 aromatic rings. The number of hydrogen-bond donors (Lipinski definition) is 1. The molecule has 0 atom stereocenters. The fourth-order valence-electron chi connectivity index (χ4n) is 1.64. The van der Waals surface area contributed by atoms with Crippen molar-refractivity contribution in [2.75, 3.05) is 0 Å². The second kappa shape index (κ2) is 6.08. The third kappa shape index (κ3) is 4.17. The van der Waals surface area contributed by atoms with Crippen LogP contribution in [0.2, 0.25) is 0 Å². The molecule has 0 unspecified atom stereocenters. The highest BCUT2D eigenvalue weighted by Crippen LogP contribution is 2.09. The number of carbonyl (C=O) groups is 1. The number of aryl methyl sites for hydroxylation is 1. The Labute approximate surface area is 109 Å². The number of carboxylic acids is 1. The second-order valence-electron chi connectivity index (χ2n) is 4.15. The summed E-state index contributed by atoms with van der Waals surface area (Å²) in [6.07, 6.45) is 1.45.